The van der Waals surface area contributed by atoms with Crippen molar-refractivity contribution in [3.05, 3.63) is 26.0 Å². The lowest BCUT2D eigenvalue weighted by molar-refractivity contribution is -0.811. The molecule has 0 spiro atoms. The number of nitrogens with two attached hydrogens (primary N) is 3. The van der Waals surface area contributed by atoms with E-state index in [9.17, 15) is 175 Å². The van der Waals surface area contributed by atoms with Gasteiger partial charge < -0.3 is 161 Å². The van der Waals surface area contributed by atoms with Gasteiger partial charge in [-0.3, -0.25) is 80.9 Å². The van der Waals surface area contributed by atoms with Crippen LogP contribution >= 0.6 is 0 Å². The molecule has 0 aromatic heterocycles. The molecule has 64 nitrogen and oxygen atoms in total. The van der Waals surface area contributed by atoms with Gasteiger partial charge in [0, 0.05) is 12.5 Å². The van der Waals surface area contributed by atoms with Crippen LogP contribution < -0.4 is 41.3 Å². The number of nitrogens with one attached hydrogen (secondary N) is 5. The molecule has 0 saturated heterocycles. The Morgan fingerprint density at radius 3 is 0.570 bits per heavy atom. The predicted molar refractivity (Wildman–Crippen MR) is 501 cm³/mol. The number of hydrogen-bond acceptors (Lipinski definition) is 56. The first-order valence-corrected chi connectivity index (χ1v) is 56.8. The van der Waals surface area contributed by atoms with Gasteiger partial charge in [0.2, 0.25) is 19.7 Å². The average Bonchev–Trinajstić information content (AvgIpc) is 0.805. The van der Waals surface area contributed by atoms with E-state index in [0.717, 1.165) is 27.9 Å². The first-order chi connectivity index (χ1) is 67.2. The van der Waals surface area contributed by atoms with Crippen molar-refractivity contribution >= 4 is 176 Å². The maximum Gasteiger partial charge on any atom is 0.321 e. The highest BCUT2D eigenvalue weighted by Gasteiger charge is 2.51. The van der Waals surface area contributed by atoms with Crippen LogP contribution in [0.1, 0.15) is 75.7 Å². The quantitative estimate of drug-likeness (QED) is 0.00700. The summed E-state index contributed by atoms with van der Waals surface area (Å²) < 4.78 is 306. The molecule has 0 radical (unpaired) electrons. The van der Waals surface area contributed by atoms with E-state index in [2.05, 4.69) is 0 Å². The number of sulfone groups is 4. The van der Waals surface area contributed by atoms with Crippen molar-refractivity contribution in [1.82, 2.24) is 0 Å². The number of quaternary nitrogens is 8. The van der Waals surface area contributed by atoms with E-state index in [0.29, 0.717) is 47.1 Å². The van der Waals surface area contributed by atoms with Gasteiger partial charge in [0.1, 0.15) is 208 Å². The molecule has 0 amide bonds. The van der Waals surface area contributed by atoms with E-state index in [1.807, 2.05) is 58.2 Å². The Kier molecular flexibility index (Phi) is 72.5. The van der Waals surface area contributed by atoms with Gasteiger partial charge in [0.15, 0.2) is 42.9 Å². The normalized spacial score (nSPS) is 14.7. The van der Waals surface area contributed by atoms with Gasteiger partial charge in [-0.2, -0.15) is 0 Å². The highest BCUT2D eigenvalue weighted by atomic mass is 32.2. The first kappa shape index (κ1) is 153. The maximum atomic E-state index is 15.2. The fraction of sp³-hybridized carbons (Fsp3) is 0.792. The van der Waals surface area contributed by atoms with Gasteiger partial charge in [0.25, 0.3) is 0 Å². The van der Waals surface area contributed by atoms with E-state index in [-0.39, 0.29) is 21.6 Å². The second-order valence-electron chi connectivity index (χ2n) is 35.8. The van der Waals surface area contributed by atoms with Gasteiger partial charge in [-0.25, -0.2) is 58.9 Å². The largest absolute Gasteiger partial charge is 0.772 e. The molecule has 149 heavy (non-hydrogen) atoms. The van der Waals surface area contributed by atoms with E-state index in [1.54, 1.807) is 6.92 Å². The molecule has 0 heterocycles. The average molecular weight is 2330 g/mol. The van der Waals surface area contributed by atoms with Gasteiger partial charge in [0.05, 0.1) is 104 Å². The Bertz CT molecular complexity index is 4990. The van der Waals surface area contributed by atoms with Crippen LogP contribution in [0, 0.1) is 69.4 Å². The summed E-state index contributed by atoms with van der Waals surface area (Å²) in [5.41, 5.74) is -21.1. The van der Waals surface area contributed by atoms with Crippen molar-refractivity contribution in [1.29, 1.82) is 0 Å². The Morgan fingerprint density at radius 1 is 0.268 bits per heavy atom. The van der Waals surface area contributed by atoms with Crippen molar-refractivity contribution in [2.45, 2.75) is 75.7 Å². The summed E-state index contributed by atoms with van der Waals surface area (Å²) in [5.74, 6) is -43.7. The number of ether oxygens (including phenoxy) is 16. The Balaban J connectivity index is -0.00000175. The van der Waals surface area contributed by atoms with E-state index < -0.39 is 393 Å². The van der Waals surface area contributed by atoms with Crippen LogP contribution in [0.2, 0.25) is 0 Å². The van der Waals surface area contributed by atoms with Crippen LogP contribution in [-0.4, -0.2) is 452 Å². The van der Waals surface area contributed by atoms with Crippen LogP contribution in [0.4, 0.5) is 0 Å². The smallest absolute Gasteiger partial charge is 0.321 e. The van der Waals surface area contributed by atoms with Crippen LogP contribution in [0.15, 0.2) is 0 Å². The fourth-order valence-corrected chi connectivity index (χ4v) is 13.3. The zero-order valence-corrected chi connectivity index (χ0v) is 94.0. The number of rotatable bonds is 60. The van der Waals surface area contributed by atoms with Gasteiger partial charge in [-0.1, -0.05) is 6.92 Å². The molecule has 11 N–H and O–H groups in total. The van der Waals surface area contributed by atoms with E-state index in [4.69, 9.17) is 75.8 Å². The van der Waals surface area contributed by atoms with Gasteiger partial charge >= 0.3 is 95.5 Å². The highest BCUT2D eigenvalue weighted by molar-refractivity contribution is 7.92. The summed E-state index contributed by atoms with van der Waals surface area (Å²) in [6, 6.07) is 0. The molecular formula is C77H143N8O56S8-. The van der Waals surface area contributed by atoms with Crippen molar-refractivity contribution in [2.24, 2.45) is 43.3 Å². The van der Waals surface area contributed by atoms with Crippen molar-refractivity contribution in [3.63, 3.8) is 0 Å². The zero-order valence-electron chi connectivity index (χ0n) is 87.5. The van der Waals surface area contributed by atoms with Crippen LogP contribution in [0.25, 0.3) is 0 Å². The van der Waals surface area contributed by atoms with Crippen LogP contribution in [0.3, 0.4) is 0 Å². The van der Waals surface area contributed by atoms with Gasteiger partial charge in [-0.05, 0) is 79.8 Å². The number of carbonyl (C=O) groups is 16. The lowest BCUT2D eigenvalue weighted by Crippen LogP contribution is -3.04. The fourth-order valence-electron chi connectivity index (χ4n) is 8.58. The summed E-state index contributed by atoms with van der Waals surface area (Å²) in [6.07, 6.45) is 1.24. The summed E-state index contributed by atoms with van der Waals surface area (Å²) >= 11 is -3.22. The molecular weight excluding hydrogens is 2190 g/mol. The molecule has 0 aromatic carbocycles. The molecule has 0 bridgehead atoms. The lowest BCUT2D eigenvalue weighted by atomic mass is 9.89. The second-order valence-corrected chi connectivity index (χ2v) is 49.3. The molecule has 0 aliphatic rings. The maximum absolute atomic E-state index is 15.2. The molecule has 0 fully saturated rings. The zero-order chi connectivity index (χ0) is 119. The van der Waals surface area contributed by atoms with Crippen molar-refractivity contribution in [3.8, 4) is 0 Å². The van der Waals surface area contributed by atoms with Crippen LogP contribution in [0.5, 0.6) is 0 Å². The number of esters is 16. The summed E-state index contributed by atoms with van der Waals surface area (Å²) in [5, 5.41) is 56.2. The summed E-state index contributed by atoms with van der Waals surface area (Å²) in [7, 11) is -11.4. The second kappa shape index (κ2) is 70.8. The molecule has 72 heteroatoms. The molecule has 0 aromatic rings. The minimum absolute atomic E-state index is 0.149. The van der Waals surface area contributed by atoms with Gasteiger partial charge in [-0.15, -0.1) is 0 Å². The monoisotopic (exact) mass is 2330 g/mol. The minimum atomic E-state index is -5.50. The third kappa shape index (κ3) is 78.5. The molecule has 8 atom stereocenters. The number of hydrogen-bond donors (Lipinski definition) is 8. The Morgan fingerprint density at radius 2 is 0.416 bits per heavy atom. The van der Waals surface area contributed by atoms with Crippen molar-refractivity contribution in [2.75, 3.05) is 275 Å². The molecule has 0 rings (SSSR count). The summed E-state index contributed by atoms with van der Waals surface area (Å²) in [6.45, 7) is -14.2. The molecule has 0 saturated carbocycles. The molecule has 0 aliphatic heterocycles. The van der Waals surface area contributed by atoms with E-state index >= 15 is 9.59 Å². The minimum Gasteiger partial charge on any atom is -0.772 e. The third-order valence-corrected chi connectivity index (χ3v) is 23.2. The molecule has 876 valence electrons. The standard InChI is InChI=1S/C65H102N2O53S8.3C2H7NO.3C2H7N/c1-15-58(2,3)50(76)105-16-17-106-51(77)63(8,34-115-56(82)64(9,36-117-52(78)59(4,26-107-42(68)18-121(86)87)31-112-47(73)23-126(96,97)98)39-120-55(81)62(7,32-113-48(74)24-127(99,100)101)33-114-49(75)25-128(102,103)104)35-116-57(83)65(10,37-118-53(79)60(5,27-108-43(69)19-122(13,88)89)29-110-45(71)21-124(92,93)40-66(11)84)38-119-54(80)61(6,28-109-44(70)20-123(14,90)91)30-111-46(72)22-125(94,95)41-67(12)85;3*1-3(2)4;3*1-3-2/h66-67H,15-41H2,1-14H3,(H,86,87)(H,96,97,98)(H,99,100,101)(H,102,103,104);3*3H,1-2H3;3*3H,1-2H3/p-1. The number of carbonyl (C=O) groups excluding carboxylic acids is 16. The SMILES string of the molecule is CCC(C)(C)C(=O)OCCOC(=O)C(C)(COC(=O)C(C)(COC(=O)C(C)(COC(=O)CS(=O)[O-])COC(=O)CS(=O)(=O)[O-])COC(=O)C(C)(COC(=O)CS(=O)(=O)[O-])COC(=O)CS(=O)(=O)[O-])COC(=O)C(C)(COC(=O)C(C)(COC(=O)CS(C)(=O)=O)COC(=O)CS(=O)(=O)C[NH+](C)[O-])COC(=O)C(C)(COC(=O)CS(C)(=O)=O)COC(=O)CS(=O)(=O)C[NH+](C)[O-].C[NH+](C)[O-].C[NH+](C)[O-].C[NH+](C)[O-].C[NH2+]C.C[NH2+]C.C[NH2+]C. The first-order valence-electron chi connectivity index (χ1n) is 43.1. The Labute approximate surface area is 866 Å². The number of hydroxylamine groups is 10. The Hall–Kier alpha value is -9.36. The summed E-state index contributed by atoms with van der Waals surface area (Å²) in [4.78, 5) is 217. The van der Waals surface area contributed by atoms with Crippen molar-refractivity contribution < 1.29 is 275 Å². The highest BCUT2D eigenvalue weighted by Crippen LogP contribution is 2.34. The van der Waals surface area contributed by atoms with E-state index in [1.165, 1.54) is 56.1 Å². The lowest BCUT2D eigenvalue weighted by Gasteiger charge is -2.34. The third-order valence-electron chi connectivity index (χ3n) is 16.4. The van der Waals surface area contributed by atoms with Crippen LogP contribution in [-0.2, 0) is 233 Å². The predicted octanol–water partition coefficient (Wildman–Crippen LogP) is -18.2. The molecule has 8 unspecified atom stereocenters. The molecule has 0 aliphatic carbocycles. The topological polar surface area (TPSA) is 956 Å².